The molecule has 0 N–H and O–H groups in total. The Morgan fingerprint density at radius 3 is 2.70 bits per heavy atom. The quantitative estimate of drug-likeness (QED) is 0.484. The van der Waals surface area contributed by atoms with Crippen LogP contribution in [-0.2, 0) is 11.3 Å². The van der Waals surface area contributed by atoms with Crippen LogP contribution in [0, 0.1) is 15.9 Å². The lowest BCUT2D eigenvalue weighted by Crippen LogP contribution is -2.27. The average Bonchev–Trinajstić information content (AvgIpc) is 2.50. The number of benzene rings is 1. The Bertz CT molecular complexity index is 850. The first-order valence-corrected chi connectivity index (χ1v) is 6.62. The van der Waals surface area contributed by atoms with Crippen molar-refractivity contribution >= 4 is 23.3 Å². The van der Waals surface area contributed by atoms with E-state index in [0.29, 0.717) is 5.56 Å². The molecule has 0 aliphatic heterocycles. The molecule has 9 heteroatoms. The van der Waals surface area contributed by atoms with Gasteiger partial charge in [-0.05, 0) is 17.7 Å². The molecule has 0 saturated carbocycles. The van der Waals surface area contributed by atoms with Crippen molar-refractivity contribution in [1.29, 1.82) is 0 Å². The molecule has 0 saturated heterocycles. The van der Waals surface area contributed by atoms with Crippen LogP contribution in [-0.4, -0.2) is 22.6 Å². The van der Waals surface area contributed by atoms with Crippen LogP contribution in [0.3, 0.4) is 0 Å². The molecule has 0 unspecified atom stereocenters. The molecule has 2 rings (SSSR count). The third kappa shape index (κ3) is 3.54. The SMILES string of the molecule is COC(=O)c1cc([N+](=O)[O-])cn(Cc2ccc(F)cc2Cl)c1=O. The summed E-state index contributed by atoms with van der Waals surface area (Å²) < 4.78 is 18.4. The van der Waals surface area contributed by atoms with Gasteiger partial charge in [0.2, 0.25) is 0 Å². The van der Waals surface area contributed by atoms with Crippen LogP contribution in [0.4, 0.5) is 10.1 Å². The fourth-order valence-electron chi connectivity index (χ4n) is 1.93. The zero-order valence-electron chi connectivity index (χ0n) is 11.8. The van der Waals surface area contributed by atoms with Crippen molar-refractivity contribution in [1.82, 2.24) is 4.57 Å². The van der Waals surface area contributed by atoms with Crippen LogP contribution < -0.4 is 5.56 Å². The van der Waals surface area contributed by atoms with Gasteiger partial charge in [-0.3, -0.25) is 14.9 Å². The molecule has 7 nitrogen and oxygen atoms in total. The van der Waals surface area contributed by atoms with Crippen LogP contribution in [0.1, 0.15) is 15.9 Å². The number of ether oxygens (including phenoxy) is 1. The Hall–Kier alpha value is -2.74. The first kappa shape index (κ1) is 16.6. The van der Waals surface area contributed by atoms with Crippen LogP contribution in [0.25, 0.3) is 0 Å². The lowest BCUT2D eigenvalue weighted by Gasteiger charge is -2.09. The smallest absolute Gasteiger partial charge is 0.343 e. The lowest BCUT2D eigenvalue weighted by atomic mass is 10.2. The highest BCUT2D eigenvalue weighted by molar-refractivity contribution is 6.31. The highest BCUT2D eigenvalue weighted by Gasteiger charge is 2.20. The number of nitrogens with zero attached hydrogens (tertiary/aromatic N) is 2. The molecule has 1 aromatic heterocycles. The molecule has 23 heavy (non-hydrogen) atoms. The third-order valence-electron chi connectivity index (χ3n) is 3.04. The van der Waals surface area contributed by atoms with Crippen molar-refractivity contribution in [2.24, 2.45) is 0 Å². The van der Waals surface area contributed by atoms with Gasteiger partial charge in [0.05, 0.1) is 24.8 Å². The van der Waals surface area contributed by atoms with E-state index in [1.54, 1.807) is 0 Å². The standard InChI is InChI=1S/C14H10ClFN2O5/c1-23-14(20)11-5-10(18(21)22)7-17(13(11)19)6-8-2-3-9(16)4-12(8)15/h2-5,7H,6H2,1H3. The molecule has 120 valence electrons. The van der Waals surface area contributed by atoms with Gasteiger partial charge in [0.25, 0.3) is 11.2 Å². The summed E-state index contributed by atoms with van der Waals surface area (Å²) in [5, 5.41) is 11.0. The molecular formula is C14H10ClFN2O5. The van der Waals surface area contributed by atoms with E-state index in [2.05, 4.69) is 4.74 Å². The van der Waals surface area contributed by atoms with E-state index < -0.39 is 33.5 Å². The predicted molar refractivity (Wildman–Crippen MR) is 79.2 cm³/mol. The number of esters is 1. The minimum Gasteiger partial charge on any atom is -0.465 e. The summed E-state index contributed by atoms with van der Waals surface area (Å²) >= 11 is 5.88. The Kier molecular flexibility index (Phi) is 4.75. The molecule has 0 spiro atoms. The Labute approximate surface area is 134 Å². The maximum absolute atomic E-state index is 13.0. The molecule has 0 amide bonds. The lowest BCUT2D eigenvalue weighted by molar-refractivity contribution is -0.385. The maximum atomic E-state index is 13.0. The number of methoxy groups -OCH3 is 1. The van der Waals surface area contributed by atoms with Gasteiger partial charge in [-0.25, -0.2) is 9.18 Å². The van der Waals surface area contributed by atoms with E-state index >= 15 is 0 Å². The number of nitro groups is 1. The molecule has 1 aromatic carbocycles. The largest absolute Gasteiger partial charge is 0.465 e. The van der Waals surface area contributed by atoms with Crippen LogP contribution in [0.5, 0.6) is 0 Å². The number of carbonyl (C=O) groups excluding carboxylic acids is 1. The Balaban J connectivity index is 2.56. The van der Waals surface area contributed by atoms with Crippen molar-refractivity contribution in [3.63, 3.8) is 0 Å². The summed E-state index contributed by atoms with van der Waals surface area (Å²) in [4.78, 5) is 34.1. The van der Waals surface area contributed by atoms with E-state index in [9.17, 15) is 24.1 Å². The zero-order chi connectivity index (χ0) is 17.1. The Morgan fingerprint density at radius 1 is 1.43 bits per heavy atom. The number of hydrogen-bond acceptors (Lipinski definition) is 5. The number of pyridine rings is 1. The van der Waals surface area contributed by atoms with Gasteiger partial charge in [-0.2, -0.15) is 0 Å². The molecule has 0 radical (unpaired) electrons. The monoisotopic (exact) mass is 340 g/mol. The van der Waals surface area contributed by atoms with E-state index in [-0.39, 0.29) is 11.6 Å². The minimum absolute atomic E-state index is 0.0584. The van der Waals surface area contributed by atoms with Crippen molar-refractivity contribution in [2.75, 3.05) is 7.11 Å². The summed E-state index contributed by atoms with van der Waals surface area (Å²) in [6, 6.07) is 4.39. The van der Waals surface area contributed by atoms with E-state index in [1.165, 1.54) is 6.07 Å². The first-order chi connectivity index (χ1) is 10.8. The second-order valence-corrected chi connectivity index (χ2v) is 4.94. The number of hydrogen-bond donors (Lipinski definition) is 0. The fraction of sp³-hybridized carbons (Fsp3) is 0.143. The summed E-state index contributed by atoms with van der Waals surface area (Å²) in [7, 11) is 1.06. The molecule has 0 atom stereocenters. The van der Waals surface area contributed by atoms with Gasteiger partial charge >= 0.3 is 5.97 Å². The number of aromatic nitrogens is 1. The molecule has 0 bridgehead atoms. The molecule has 0 aliphatic carbocycles. The third-order valence-corrected chi connectivity index (χ3v) is 3.40. The molecule has 0 fully saturated rings. The van der Waals surface area contributed by atoms with Crippen molar-refractivity contribution in [2.45, 2.75) is 6.54 Å². The molecule has 2 aromatic rings. The first-order valence-electron chi connectivity index (χ1n) is 6.24. The van der Waals surface area contributed by atoms with Gasteiger partial charge in [-0.15, -0.1) is 0 Å². The molecular weight excluding hydrogens is 331 g/mol. The average molecular weight is 341 g/mol. The number of carbonyl (C=O) groups is 1. The highest BCUT2D eigenvalue weighted by Crippen LogP contribution is 2.19. The van der Waals surface area contributed by atoms with Gasteiger partial charge in [0.1, 0.15) is 11.4 Å². The van der Waals surface area contributed by atoms with Crippen LogP contribution in [0.15, 0.2) is 35.3 Å². The van der Waals surface area contributed by atoms with E-state index in [1.807, 2.05) is 0 Å². The van der Waals surface area contributed by atoms with Gasteiger partial charge in [-0.1, -0.05) is 17.7 Å². The number of rotatable bonds is 4. The van der Waals surface area contributed by atoms with Gasteiger partial charge in [0, 0.05) is 11.1 Å². The maximum Gasteiger partial charge on any atom is 0.343 e. The van der Waals surface area contributed by atoms with Crippen molar-refractivity contribution < 1.29 is 18.8 Å². The minimum atomic E-state index is -0.988. The summed E-state index contributed by atoms with van der Waals surface area (Å²) in [5.74, 6) is -1.54. The van der Waals surface area contributed by atoms with Crippen LogP contribution >= 0.6 is 11.6 Å². The Morgan fingerprint density at radius 2 is 2.13 bits per heavy atom. The highest BCUT2D eigenvalue weighted by atomic mass is 35.5. The molecule has 1 heterocycles. The molecule has 0 aliphatic rings. The van der Waals surface area contributed by atoms with E-state index in [4.69, 9.17) is 11.6 Å². The summed E-state index contributed by atoms with van der Waals surface area (Å²) in [5.41, 5.74) is -1.34. The van der Waals surface area contributed by atoms with Crippen molar-refractivity contribution in [3.8, 4) is 0 Å². The van der Waals surface area contributed by atoms with Crippen molar-refractivity contribution in [3.05, 3.63) is 72.9 Å². The van der Waals surface area contributed by atoms with Gasteiger partial charge in [0.15, 0.2) is 0 Å². The van der Waals surface area contributed by atoms with Crippen LogP contribution in [0.2, 0.25) is 5.02 Å². The predicted octanol–water partition coefficient (Wildman–Crippen LogP) is 2.38. The summed E-state index contributed by atoms with van der Waals surface area (Å²) in [6.45, 7) is -0.163. The van der Waals surface area contributed by atoms with Gasteiger partial charge < -0.3 is 9.30 Å². The zero-order valence-corrected chi connectivity index (χ0v) is 12.5. The topological polar surface area (TPSA) is 91.4 Å². The second-order valence-electron chi connectivity index (χ2n) is 4.53. The van der Waals surface area contributed by atoms with E-state index in [0.717, 1.165) is 36.1 Å². The normalized spacial score (nSPS) is 10.4. The second kappa shape index (κ2) is 6.57. The summed E-state index contributed by atoms with van der Waals surface area (Å²) in [6.07, 6.45) is 0.981. The fourth-order valence-corrected chi connectivity index (χ4v) is 2.15. The number of halogens is 2.